The second-order valence-corrected chi connectivity index (χ2v) is 4.94. The second kappa shape index (κ2) is 4.94. The Labute approximate surface area is 108 Å². The third-order valence-electron chi connectivity index (χ3n) is 3.39. The van der Waals surface area contributed by atoms with Crippen molar-refractivity contribution in [3.63, 3.8) is 0 Å². The highest BCUT2D eigenvalue weighted by atomic mass is 15.0. The number of imidazole rings is 1. The van der Waals surface area contributed by atoms with Gasteiger partial charge in [0.25, 0.3) is 0 Å². The molecule has 3 rings (SSSR count). The third kappa shape index (κ3) is 2.62. The first-order valence-electron chi connectivity index (χ1n) is 6.69. The number of benzene rings is 1. The molecular formula is C15H19N3. The zero-order valence-electron chi connectivity index (χ0n) is 10.8. The van der Waals surface area contributed by atoms with Crippen LogP contribution in [0.3, 0.4) is 0 Å². The van der Waals surface area contributed by atoms with Crippen LogP contribution in [0.2, 0.25) is 0 Å². The molecule has 0 radical (unpaired) electrons. The topological polar surface area (TPSA) is 29.9 Å². The summed E-state index contributed by atoms with van der Waals surface area (Å²) in [7, 11) is 0. The highest BCUT2D eigenvalue weighted by Crippen LogP contribution is 2.21. The molecule has 0 atom stereocenters. The Hall–Kier alpha value is -1.61. The van der Waals surface area contributed by atoms with Crippen molar-refractivity contribution in [1.82, 2.24) is 14.9 Å². The Bertz CT molecular complexity index is 526. The molecule has 94 valence electrons. The van der Waals surface area contributed by atoms with Gasteiger partial charge in [-0.3, -0.25) is 0 Å². The van der Waals surface area contributed by atoms with Gasteiger partial charge in [0.05, 0.1) is 12.0 Å². The van der Waals surface area contributed by atoms with Crippen LogP contribution in [0, 0.1) is 0 Å². The molecule has 18 heavy (non-hydrogen) atoms. The van der Waals surface area contributed by atoms with Gasteiger partial charge in [-0.1, -0.05) is 18.2 Å². The highest BCUT2D eigenvalue weighted by molar-refractivity contribution is 5.59. The van der Waals surface area contributed by atoms with Crippen molar-refractivity contribution in [2.45, 2.75) is 38.9 Å². The zero-order valence-corrected chi connectivity index (χ0v) is 10.8. The van der Waals surface area contributed by atoms with Crippen LogP contribution in [-0.4, -0.2) is 15.6 Å². The molecule has 0 bridgehead atoms. The number of rotatable bonds is 5. The summed E-state index contributed by atoms with van der Waals surface area (Å²) in [6.07, 6.45) is 6.67. The van der Waals surface area contributed by atoms with Crippen LogP contribution < -0.4 is 5.32 Å². The van der Waals surface area contributed by atoms with Crippen molar-refractivity contribution in [3.05, 3.63) is 42.4 Å². The average molecular weight is 241 g/mol. The first-order chi connectivity index (χ1) is 8.85. The highest BCUT2D eigenvalue weighted by Gasteiger charge is 2.19. The minimum absolute atomic E-state index is 0.757. The van der Waals surface area contributed by atoms with E-state index in [9.17, 15) is 0 Å². The van der Waals surface area contributed by atoms with E-state index in [1.165, 1.54) is 24.0 Å². The van der Waals surface area contributed by atoms with E-state index in [1.807, 2.05) is 6.33 Å². The Morgan fingerprint density at radius 3 is 3.00 bits per heavy atom. The van der Waals surface area contributed by atoms with Crippen LogP contribution in [0.4, 0.5) is 0 Å². The number of aromatic nitrogens is 2. The second-order valence-electron chi connectivity index (χ2n) is 4.94. The molecule has 0 spiro atoms. The fraction of sp³-hybridized carbons (Fsp3) is 0.400. The molecule has 1 N–H and O–H groups in total. The van der Waals surface area contributed by atoms with Crippen molar-refractivity contribution < 1.29 is 0 Å². The van der Waals surface area contributed by atoms with E-state index in [4.69, 9.17) is 0 Å². The van der Waals surface area contributed by atoms with Crippen LogP contribution in [0.25, 0.3) is 11.3 Å². The summed E-state index contributed by atoms with van der Waals surface area (Å²) in [5, 5.41) is 3.54. The fourth-order valence-electron chi connectivity index (χ4n) is 2.07. The first kappa shape index (κ1) is 11.5. The summed E-state index contributed by atoms with van der Waals surface area (Å²) in [5.74, 6) is 0. The van der Waals surface area contributed by atoms with Gasteiger partial charge in [0.15, 0.2) is 0 Å². The summed E-state index contributed by atoms with van der Waals surface area (Å²) in [5.41, 5.74) is 3.60. The number of aryl methyl sites for hydroxylation is 1. The van der Waals surface area contributed by atoms with Gasteiger partial charge in [0, 0.05) is 30.9 Å². The number of nitrogens with zero attached hydrogens (tertiary/aromatic N) is 2. The molecular weight excluding hydrogens is 222 g/mol. The summed E-state index contributed by atoms with van der Waals surface area (Å²) in [6, 6.07) is 9.41. The van der Waals surface area contributed by atoms with E-state index in [0.29, 0.717) is 0 Å². The molecule has 1 saturated carbocycles. The molecule has 3 nitrogen and oxygen atoms in total. The van der Waals surface area contributed by atoms with Crippen LogP contribution in [0.15, 0.2) is 36.8 Å². The SMILES string of the molecule is CCn1cnc(-c2cccc(CNC3CC3)c2)c1. The monoisotopic (exact) mass is 241 g/mol. The van der Waals surface area contributed by atoms with E-state index in [-0.39, 0.29) is 0 Å². The minimum atomic E-state index is 0.757. The van der Waals surface area contributed by atoms with E-state index in [0.717, 1.165) is 24.8 Å². The predicted molar refractivity (Wildman–Crippen MR) is 73.2 cm³/mol. The van der Waals surface area contributed by atoms with Gasteiger partial charge in [-0.2, -0.15) is 0 Å². The average Bonchev–Trinajstić information content (AvgIpc) is 3.12. The number of nitrogens with one attached hydrogen (secondary N) is 1. The maximum Gasteiger partial charge on any atom is 0.0953 e. The molecule has 1 fully saturated rings. The van der Waals surface area contributed by atoms with Gasteiger partial charge in [-0.25, -0.2) is 4.98 Å². The summed E-state index contributed by atoms with van der Waals surface area (Å²) in [6.45, 7) is 4.06. The predicted octanol–water partition coefficient (Wildman–Crippen LogP) is 2.82. The van der Waals surface area contributed by atoms with E-state index in [1.54, 1.807) is 0 Å². The Morgan fingerprint density at radius 1 is 1.39 bits per heavy atom. The zero-order chi connectivity index (χ0) is 12.4. The van der Waals surface area contributed by atoms with Gasteiger partial charge in [-0.05, 0) is 31.4 Å². The molecule has 0 aliphatic heterocycles. The Kier molecular flexibility index (Phi) is 3.15. The standard InChI is InChI=1S/C15H19N3/c1-2-18-10-15(17-11-18)13-5-3-4-12(8-13)9-16-14-6-7-14/h3-5,8,10-11,14,16H,2,6-7,9H2,1H3. The molecule has 0 saturated heterocycles. The van der Waals surface area contributed by atoms with Crippen molar-refractivity contribution in [2.24, 2.45) is 0 Å². The Morgan fingerprint density at radius 2 is 2.28 bits per heavy atom. The van der Waals surface area contributed by atoms with Crippen LogP contribution in [-0.2, 0) is 13.1 Å². The van der Waals surface area contributed by atoms with Crippen molar-refractivity contribution >= 4 is 0 Å². The van der Waals surface area contributed by atoms with E-state index in [2.05, 4.69) is 52.3 Å². The lowest BCUT2D eigenvalue weighted by Crippen LogP contribution is -2.15. The van der Waals surface area contributed by atoms with Crippen molar-refractivity contribution in [2.75, 3.05) is 0 Å². The van der Waals surface area contributed by atoms with Gasteiger partial charge in [0.2, 0.25) is 0 Å². The van der Waals surface area contributed by atoms with Gasteiger partial charge < -0.3 is 9.88 Å². The lowest BCUT2D eigenvalue weighted by Gasteiger charge is -2.04. The summed E-state index contributed by atoms with van der Waals surface area (Å²) >= 11 is 0. The number of hydrogen-bond acceptors (Lipinski definition) is 2. The smallest absolute Gasteiger partial charge is 0.0953 e. The van der Waals surface area contributed by atoms with Crippen LogP contribution in [0.5, 0.6) is 0 Å². The van der Waals surface area contributed by atoms with Crippen LogP contribution >= 0.6 is 0 Å². The summed E-state index contributed by atoms with van der Waals surface area (Å²) in [4.78, 5) is 4.45. The molecule has 3 heteroatoms. The van der Waals surface area contributed by atoms with Gasteiger partial charge in [0.1, 0.15) is 0 Å². The lowest BCUT2D eigenvalue weighted by atomic mass is 10.1. The van der Waals surface area contributed by atoms with Gasteiger partial charge in [-0.15, -0.1) is 0 Å². The fourth-order valence-corrected chi connectivity index (χ4v) is 2.07. The molecule has 2 aromatic rings. The normalized spacial score (nSPS) is 14.9. The maximum absolute atomic E-state index is 4.45. The first-order valence-corrected chi connectivity index (χ1v) is 6.69. The number of hydrogen-bond donors (Lipinski definition) is 1. The van der Waals surface area contributed by atoms with Crippen molar-refractivity contribution in [1.29, 1.82) is 0 Å². The Balaban J connectivity index is 1.76. The van der Waals surface area contributed by atoms with Crippen molar-refractivity contribution in [3.8, 4) is 11.3 Å². The molecule has 1 heterocycles. The van der Waals surface area contributed by atoms with E-state index < -0.39 is 0 Å². The minimum Gasteiger partial charge on any atom is -0.337 e. The van der Waals surface area contributed by atoms with Crippen LogP contribution in [0.1, 0.15) is 25.3 Å². The molecule has 0 unspecified atom stereocenters. The van der Waals surface area contributed by atoms with Gasteiger partial charge >= 0.3 is 0 Å². The molecule has 1 aliphatic carbocycles. The quantitative estimate of drug-likeness (QED) is 0.872. The molecule has 0 amide bonds. The lowest BCUT2D eigenvalue weighted by molar-refractivity contribution is 0.688. The van der Waals surface area contributed by atoms with E-state index >= 15 is 0 Å². The molecule has 1 aliphatic rings. The molecule has 1 aromatic heterocycles. The third-order valence-corrected chi connectivity index (χ3v) is 3.39. The maximum atomic E-state index is 4.45. The summed E-state index contributed by atoms with van der Waals surface area (Å²) < 4.78 is 2.10. The molecule has 1 aromatic carbocycles. The largest absolute Gasteiger partial charge is 0.337 e.